The molecule has 9 heteroatoms. The average Bonchev–Trinajstić information content (AvgIpc) is 2.73. The molecule has 0 spiro atoms. The summed E-state index contributed by atoms with van der Waals surface area (Å²) < 4.78 is 17.0. The number of nitrogens with one attached hydrogen (secondary N) is 3. The number of ether oxygens (including phenoxy) is 3. The summed E-state index contributed by atoms with van der Waals surface area (Å²) >= 11 is 0. The largest absolute Gasteiger partial charge is 0.381 e. The lowest BCUT2D eigenvalue weighted by atomic mass is 10.2. The van der Waals surface area contributed by atoms with Crippen LogP contribution in [0.1, 0.15) is 25.7 Å². The fourth-order valence-electron chi connectivity index (χ4n) is 2.15. The number of rotatable bonds is 21. The van der Waals surface area contributed by atoms with Gasteiger partial charge in [0.2, 0.25) is 18.2 Å². The highest BCUT2D eigenvalue weighted by atomic mass is 16.5. The van der Waals surface area contributed by atoms with E-state index in [1.165, 1.54) is 12.2 Å². The normalized spacial score (nSPS) is 11.3. The summed E-state index contributed by atoms with van der Waals surface area (Å²) in [7, 11) is 0. The van der Waals surface area contributed by atoms with E-state index in [1.807, 2.05) is 0 Å². The molecule has 0 aliphatic rings. The molecule has 1 atom stereocenters. The highest BCUT2D eigenvalue weighted by Gasteiger charge is 2.10. The van der Waals surface area contributed by atoms with Crippen molar-refractivity contribution < 1.29 is 28.6 Å². The van der Waals surface area contributed by atoms with Crippen LogP contribution >= 0.6 is 0 Å². The molecule has 0 aliphatic carbocycles. The van der Waals surface area contributed by atoms with Crippen LogP contribution in [0.25, 0.3) is 0 Å². The van der Waals surface area contributed by atoms with E-state index in [0.717, 1.165) is 6.42 Å². The monoisotopic (exact) mass is 413 g/mol. The van der Waals surface area contributed by atoms with Crippen LogP contribution in [0.2, 0.25) is 0 Å². The van der Waals surface area contributed by atoms with Crippen molar-refractivity contribution >= 4 is 18.2 Å². The molecular formula is C20H35N3O6. The Hall–Kier alpha value is -2.23. The van der Waals surface area contributed by atoms with E-state index in [9.17, 15) is 14.4 Å². The minimum atomic E-state index is -0.202. The molecule has 0 saturated heterocycles. The van der Waals surface area contributed by atoms with E-state index in [2.05, 4.69) is 29.1 Å². The van der Waals surface area contributed by atoms with Gasteiger partial charge in [0.15, 0.2) is 0 Å². The maximum absolute atomic E-state index is 11.1. The van der Waals surface area contributed by atoms with Gasteiger partial charge in [-0.1, -0.05) is 13.2 Å². The summed E-state index contributed by atoms with van der Waals surface area (Å²) in [4.78, 5) is 32.3. The van der Waals surface area contributed by atoms with E-state index in [0.29, 0.717) is 78.3 Å². The Kier molecular flexibility index (Phi) is 18.9. The molecule has 0 aliphatic heterocycles. The summed E-state index contributed by atoms with van der Waals surface area (Å²) in [6, 6.07) is 0. The van der Waals surface area contributed by atoms with E-state index in [-0.39, 0.29) is 17.9 Å². The van der Waals surface area contributed by atoms with Crippen LogP contribution < -0.4 is 16.0 Å². The first-order valence-corrected chi connectivity index (χ1v) is 9.88. The first kappa shape index (κ1) is 26.8. The molecule has 0 radical (unpaired) electrons. The molecule has 0 heterocycles. The Morgan fingerprint density at radius 2 is 1.41 bits per heavy atom. The average molecular weight is 414 g/mol. The second-order valence-electron chi connectivity index (χ2n) is 6.09. The lowest BCUT2D eigenvalue weighted by Crippen LogP contribution is -2.27. The van der Waals surface area contributed by atoms with Crippen molar-refractivity contribution in [3.63, 3.8) is 0 Å². The van der Waals surface area contributed by atoms with Gasteiger partial charge >= 0.3 is 0 Å². The van der Waals surface area contributed by atoms with Gasteiger partial charge in [-0.25, -0.2) is 0 Å². The first-order valence-electron chi connectivity index (χ1n) is 9.88. The minimum absolute atomic E-state index is 0.121. The van der Waals surface area contributed by atoms with Gasteiger partial charge in [0.1, 0.15) is 0 Å². The number of carbonyl (C=O) groups is 3. The third kappa shape index (κ3) is 18.9. The van der Waals surface area contributed by atoms with Crippen LogP contribution in [0.3, 0.4) is 0 Å². The number of carbonyl (C=O) groups excluding carboxylic acids is 3. The molecular weight excluding hydrogens is 378 g/mol. The van der Waals surface area contributed by atoms with Gasteiger partial charge in [0.25, 0.3) is 0 Å². The SMILES string of the molecule is C=CC(=O)NCCCOCCC(COCCCNC=O)OCCCNC(=O)C=C. The molecule has 0 aromatic heterocycles. The molecule has 0 bridgehead atoms. The standard InChI is InChI=1S/C20H35N3O6/c1-3-19(25)22-10-6-12-27-15-8-18(16-28-13-5-9-21-17-24)29-14-7-11-23-20(26)4-2/h3-4,17-18H,1-2,5-16H2,(H,21,24)(H,22,25)(H,23,26). The van der Waals surface area contributed by atoms with Crippen molar-refractivity contribution in [1.82, 2.24) is 16.0 Å². The molecule has 0 saturated carbocycles. The second kappa shape index (κ2) is 20.5. The van der Waals surface area contributed by atoms with Crippen LogP contribution in [-0.2, 0) is 28.6 Å². The van der Waals surface area contributed by atoms with Crippen molar-refractivity contribution in [2.24, 2.45) is 0 Å². The Bertz CT molecular complexity index is 473. The summed E-state index contributed by atoms with van der Waals surface area (Å²) in [5, 5.41) is 7.97. The minimum Gasteiger partial charge on any atom is -0.381 e. The van der Waals surface area contributed by atoms with Gasteiger partial charge in [-0.15, -0.1) is 0 Å². The third-order valence-corrected chi connectivity index (χ3v) is 3.69. The van der Waals surface area contributed by atoms with Crippen LogP contribution in [0.4, 0.5) is 0 Å². The quantitative estimate of drug-likeness (QED) is 0.142. The third-order valence-electron chi connectivity index (χ3n) is 3.69. The topological polar surface area (TPSA) is 115 Å². The zero-order valence-electron chi connectivity index (χ0n) is 17.2. The second-order valence-corrected chi connectivity index (χ2v) is 6.09. The molecule has 1 unspecified atom stereocenters. The van der Waals surface area contributed by atoms with E-state index >= 15 is 0 Å². The van der Waals surface area contributed by atoms with Crippen molar-refractivity contribution in [2.45, 2.75) is 31.8 Å². The van der Waals surface area contributed by atoms with Gasteiger partial charge in [-0.3, -0.25) is 14.4 Å². The molecule has 3 N–H and O–H groups in total. The molecule has 0 aromatic rings. The molecule has 0 rings (SSSR count). The van der Waals surface area contributed by atoms with Crippen LogP contribution in [0, 0.1) is 0 Å². The molecule has 0 fully saturated rings. The predicted octanol–water partition coefficient (Wildman–Crippen LogP) is 0.316. The van der Waals surface area contributed by atoms with Crippen LogP contribution in [0.15, 0.2) is 25.3 Å². The van der Waals surface area contributed by atoms with Gasteiger partial charge in [0.05, 0.1) is 12.7 Å². The molecule has 9 nitrogen and oxygen atoms in total. The van der Waals surface area contributed by atoms with Gasteiger partial charge in [-0.05, 0) is 37.8 Å². The zero-order valence-corrected chi connectivity index (χ0v) is 17.2. The highest BCUT2D eigenvalue weighted by Crippen LogP contribution is 2.03. The first-order chi connectivity index (χ1) is 14.1. The fourth-order valence-corrected chi connectivity index (χ4v) is 2.15. The molecule has 29 heavy (non-hydrogen) atoms. The summed E-state index contributed by atoms with van der Waals surface area (Å²) in [5.74, 6) is -0.394. The maximum Gasteiger partial charge on any atom is 0.243 e. The molecule has 3 amide bonds. The van der Waals surface area contributed by atoms with Crippen LogP contribution in [0.5, 0.6) is 0 Å². The Labute approximate surface area is 173 Å². The smallest absolute Gasteiger partial charge is 0.243 e. The summed E-state index contributed by atoms with van der Waals surface area (Å²) in [6.45, 7) is 10.9. The van der Waals surface area contributed by atoms with Crippen LogP contribution in [-0.4, -0.2) is 77.0 Å². The van der Waals surface area contributed by atoms with Crippen molar-refractivity contribution in [1.29, 1.82) is 0 Å². The predicted molar refractivity (Wildman–Crippen MR) is 110 cm³/mol. The van der Waals surface area contributed by atoms with E-state index < -0.39 is 0 Å². The van der Waals surface area contributed by atoms with Gasteiger partial charge in [0, 0.05) is 46.1 Å². The van der Waals surface area contributed by atoms with Crippen molar-refractivity contribution in [3.8, 4) is 0 Å². The van der Waals surface area contributed by atoms with Crippen molar-refractivity contribution in [3.05, 3.63) is 25.3 Å². The van der Waals surface area contributed by atoms with Crippen molar-refractivity contribution in [2.75, 3.05) is 52.7 Å². The number of hydrogen-bond donors (Lipinski definition) is 3. The fraction of sp³-hybridized carbons (Fsp3) is 0.650. The van der Waals surface area contributed by atoms with E-state index in [1.54, 1.807) is 0 Å². The zero-order chi connectivity index (χ0) is 21.6. The Balaban J connectivity index is 3.95. The Morgan fingerprint density at radius 3 is 2.03 bits per heavy atom. The molecule has 166 valence electrons. The number of hydrogen-bond acceptors (Lipinski definition) is 6. The molecule has 0 aromatic carbocycles. The lowest BCUT2D eigenvalue weighted by molar-refractivity contribution is -0.117. The van der Waals surface area contributed by atoms with Gasteiger partial charge < -0.3 is 30.2 Å². The maximum atomic E-state index is 11.1. The summed E-state index contributed by atoms with van der Waals surface area (Å²) in [6.07, 6.45) is 5.81. The highest BCUT2D eigenvalue weighted by molar-refractivity contribution is 5.87. The van der Waals surface area contributed by atoms with E-state index in [4.69, 9.17) is 14.2 Å². The Morgan fingerprint density at radius 1 is 0.828 bits per heavy atom. The number of amides is 3. The summed E-state index contributed by atoms with van der Waals surface area (Å²) in [5.41, 5.74) is 0. The van der Waals surface area contributed by atoms with Gasteiger partial charge in [-0.2, -0.15) is 0 Å². The lowest BCUT2D eigenvalue weighted by Gasteiger charge is -2.18.